The molecule has 2 aromatic carbocycles. The summed E-state index contributed by atoms with van der Waals surface area (Å²) in [5, 5.41) is 29.8. The number of hydrogen-bond donors (Lipinski definition) is 5. The number of methoxy groups -OCH3 is 2. The third kappa shape index (κ3) is 8.53. The predicted molar refractivity (Wildman–Crippen MR) is 133 cm³/mol. The van der Waals surface area contributed by atoms with Crippen LogP contribution in [0.2, 0.25) is 0 Å². The third-order valence-electron chi connectivity index (χ3n) is 5.47. The molecule has 0 aliphatic heterocycles. The van der Waals surface area contributed by atoms with Crippen molar-refractivity contribution in [3.63, 3.8) is 0 Å². The van der Waals surface area contributed by atoms with E-state index in [0.29, 0.717) is 0 Å². The number of aliphatic carboxylic acids is 2. The molecule has 0 amide bonds. The smallest absolute Gasteiger partial charge is 0.119 e. The number of ether oxygens (including phenoxy) is 2. The summed E-state index contributed by atoms with van der Waals surface area (Å²) in [5.41, 5.74) is 12.7. The van der Waals surface area contributed by atoms with Crippen LogP contribution >= 0.6 is 0 Å². The Hall–Kier alpha value is -4.06. The third-order valence-corrected chi connectivity index (χ3v) is 5.47. The maximum absolute atomic E-state index is 9.58. The number of carbonyl (C=O) groups is 2. The van der Waals surface area contributed by atoms with Crippen LogP contribution < -0.4 is 31.2 Å². The summed E-state index contributed by atoms with van der Waals surface area (Å²) in [6.07, 6.45) is 3.22. The molecule has 4 aromatic rings. The Labute approximate surface area is 214 Å². The first kappa shape index (κ1) is 29.2. The second-order valence-corrected chi connectivity index (χ2v) is 8.07. The van der Waals surface area contributed by atoms with Crippen LogP contribution in [-0.4, -0.2) is 60.4 Å². The Morgan fingerprint density at radius 2 is 1.30 bits per heavy atom. The van der Waals surface area contributed by atoms with Crippen LogP contribution in [0.5, 0.6) is 11.5 Å². The summed E-state index contributed by atoms with van der Waals surface area (Å²) < 4.78 is 10.4. The fraction of sp³-hybridized carbons (Fsp3) is 0.308. The van der Waals surface area contributed by atoms with Crippen molar-refractivity contribution in [2.24, 2.45) is 0 Å². The minimum absolute atomic E-state index is 0.905. The van der Waals surface area contributed by atoms with Crippen LogP contribution in [0, 0.1) is 0 Å². The lowest BCUT2D eigenvalue weighted by Gasteiger charge is -2.10. The molecule has 0 saturated heterocycles. The minimum Gasteiger partial charge on any atom is -0.550 e. The molecule has 9 N–H and O–H groups in total. The van der Waals surface area contributed by atoms with Gasteiger partial charge in [-0.15, -0.1) is 0 Å². The first-order valence-corrected chi connectivity index (χ1v) is 11.7. The van der Waals surface area contributed by atoms with Crippen molar-refractivity contribution in [1.82, 2.24) is 9.97 Å². The van der Waals surface area contributed by atoms with Gasteiger partial charge in [0.15, 0.2) is 0 Å². The zero-order valence-corrected chi connectivity index (χ0v) is 21.0. The van der Waals surface area contributed by atoms with E-state index in [4.69, 9.17) is 14.6 Å². The summed E-state index contributed by atoms with van der Waals surface area (Å²) >= 11 is 0. The summed E-state index contributed by atoms with van der Waals surface area (Å²) in [4.78, 5) is 25.6. The largest absolute Gasteiger partial charge is 0.550 e. The Morgan fingerprint density at radius 1 is 0.865 bits per heavy atom. The first-order valence-electron chi connectivity index (χ1n) is 11.7. The summed E-state index contributed by atoms with van der Waals surface area (Å²) in [7, 11) is 3.38. The molecule has 0 aliphatic rings. The molecule has 11 heteroatoms. The maximum Gasteiger partial charge on any atom is 0.119 e. The Balaban J connectivity index is 0.000000201. The molecule has 0 aliphatic carbocycles. The van der Waals surface area contributed by atoms with E-state index in [2.05, 4.69) is 46.0 Å². The summed E-state index contributed by atoms with van der Waals surface area (Å²) in [6.45, 7) is 1.84. The van der Waals surface area contributed by atoms with Crippen LogP contribution in [0.4, 0.5) is 0 Å². The van der Waals surface area contributed by atoms with Crippen LogP contribution in [-0.2, 0) is 22.4 Å². The van der Waals surface area contributed by atoms with E-state index >= 15 is 0 Å². The van der Waals surface area contributed by atoms with Crippen molar-refractivity contribution in [1.29, 1.82) is 0 Å². The molecule has 1 unspecified atom stereocenters. The summed E-state index contributed by atoms with van der Waals surface area (Å²) in [6, 6.07) is 12.1. The van der Waals surface area contributed by atoms with Gasteiger partial charge in [0.05, 0.1) is 39.4 Å². The number of fused-ring (bicyclic) bond motifs is 2. The van der Waals surface area contributed by atoms with E-state index in [-0.39, 0.29) is 0 Å². The highest BCUT2D eigenvalue weighted by Gasteiger charge is 2.05. The van der Waals surface area contributed by atoms with Crippen molar-refractivity contribution >= 4 is 33.7 Å². The molecular weight excluding hydrogens is 480 g/mol. The topological polar surface area (TPSA) is 206 Å². The molecule has 4 rings (SSSR count). The monoisotopic (exact) mass is 514 g/mol. The number of rotatable bonds is 9. The van der Waals surface area contributed by atoms with Gasteiger partial charge in [-0.2, -0.15) is 0 Å². The molecule has 0 spiro atoms. The molecule has 0 saturated carbocycles. The van der Waals surface area contributed by atoms with Gasteiger partial charge in [-0.05, 0) is 47.5 Å². The van der Waals surface area contributed by atoms with E-state index in [1.54, 1.807) is 14.2 Å². The van der Waals surface area contributed by atoms with Gasteiger partial charge < -0.3 is 55.8 Å². The van der Waals surface area contributed by atoms with Crippen LogP contribution in [0.3, 0.4) is 0 Å². The van der Waals surface area contributed by atoms with Crippen LogP contribution in [0.25, 0.3) is 21.8 Å². The van der Waals surface area contributed by atoms with Gasteiger partial charge in [-0.25, -0.2) is 0 Å². The fourth-order valence-corrected chi connectivity index (χ4v) is 3.60. The van der Waals surface area contributed by atoms with E-state index in [1.165, 1.54) is 21.9 Å². The average molecular weight is 515 g/mol. The van der Waals surface area contributed by atoms with Crippen molar-refractivity contribution in [3.05, 3.63) is 59.9 Å². The molecule has 11 nitrogen and oxygen atoms in total. The number of aliphatic hydroxyl groups is 1. The molecule has 0 bridgehead atoms. The highest BCUT2D eigenvalue weighted by Crippen LogP contribution is 2.24. The number of H-pyrrole nitrogens is 2. The molecule has 37 heavy (non-hydrogen) atoms. The number of carboxylic acid groups (broad SMARTS) is 2. The second-order valence-electron chi connectivity index (χ2n) is 8.07. The molecular formula is C26H34N4O7. The molecule has 1 atom stereocenters. The highest BCUT2D eigenvalue weighted by atomic mass is 16.5. The lowest BCUT2D eigenvalue weighted by atomic mass is 10.1. The van der Waals surface area contributed by atoms with E-state index in [1.807, 2.05) is 24.3 Å². The normalized spacial score (nSPS) is 11.2. The summed E-state index contributed by atoms with van der Waals surface area (Å²) in [5.74, 6) is -1.62. The number of carboxylic acids is 2. The second kappa shape index (κ2) is 14.5. The van der Waals surface area contributed by atoms with Crippen LogP contribution in [0.15, 0.2) is 48.8 Å². The number of aliphatic hydroxyl groups excluding tert-OH is 1. The number of nitrogens with one attached hydrogen (secondary N) is 2. The van der Waals surface area contributed by atoms with Crippen molar-refractivity contribution < 1.29 is 45.8 Å². The zero-order chi connectivity index (χ0) is 27.4. The van der Waals surface area contributed by atoms with Gasteiger partial charge in [0.25, 0.3) is 0 Å². The number of carbonyl (C=O) groups excluding carboxylic acids is 2. The lowest BCUT2D eigenvalue weighted by Crippen LogP contribution is -2.51. The standard InChI is InChI=1S/2C11H14N2O.C4H6O5/c2*1-14-9-2-3-11-10(6-9)8(4-5-12)7-13-11;5-2(4(8)9)1-3(6)7/h2*2-3,6-7,13H,4-5,12H2,1H3;2,5H,1H2,(H,6,7)(H,8,9). The molecule has 2 aromatic heterocycles. The SMILES string of the molecule is COc1ccc2[nH]cc(CC[NH3+])c2c1.COc1ccc2[nH]cc(CC[NH3+])c2c1.O=C([O-])CC(O)C(=O)[O-]. The Morgan fingerprint density at radius 3 is 1.59 bits per heavy atom. The average Bonchev–Trinajstić information content (AvgIpc) is 3.48. The molecule has 2 heterocycles. The molecule has 0 radical (unpaired) electrons. The van der Waals surface area contributed by atoms with Crippen LogP contribution in [0.1, 0.15) is 17.5 Å². The number of quaternary nitrogens is 2. The zero-order valence-electron chi connectivity index (χ0n) is 21.0. The molecule has 200 valence electrons. The number of aromatic nitrogens is 2. The van der Waals surface area contributed by atoms with Gasteiger partial charge in [0, 0.05) is 59.4 Å². The number of benzene rings is 2. The highest BCUT2D eigenvalue weighted by molar-refractivity contribution is 5.85. The van der Waals surface area contributed by atoms with E-state index in [0.717, 1.165) is 48.5 Å². The molecule has 0 fully saturated rings. The van der Waals surface area contributed by atoms with Gasteiger partial charge in [0.2, 0.25) is 0 Å². The predicted octanol–water partition coefficient (Wildman–Crippen LogP) is -1.84. The van der Waals surface area contributed by atoms with E-state index in [9.17, 15) is 19.8 Å². The van der Waals surface area contributed by atoms with Crippen molar-refractivity contribution in [2.75, 3.05) is 27.3 Å². The maximum atomic E-state index is 9.58. The van der Waals surface area contributed by atoms with Gasteiger partial charge in [0.1, 0.15) is 11.5 Å². The van der Waals surface area contributed by atoms with Gasteiger partial charge in [-0.1, -0.05) is 0 Å². The van der Waals surface area contributed by atoms with Crippen molar-refractivity contribution in [2.45, 2.75) is 25.4 Å². The quantitative estimate of drug-likeness (QED) is 0.172. The fourth-order valence-electron chi connectivity index (χ4n) is 3.60. The number of aromatic amines is 2. The number of hydrogen-bond acceptors (Lipinski definition) is 7. The Kier molecular flexibility index (Phi) is 11.4. The van der Waals surface area contributed by atoms with E-state index < -0.39 is 24.5 Å². The Bertz CT molecular complexity index is 1210. The first-order chi connectivity index (χ1) is 17.7. The minimum atomic E-state index is -1.96. The van der Waals surface area contributed by atoms with Gasteiger partial charge >= 0.3 is 0 Å². The van der Waals surface area contributed by atoms with Gasteiger partial charge in [-0.3, -0.25) is 0 Å². The lowest BCUT2D eigenvalue weighted by molar-refractivity contribution is -0.367. The van der Waals surface area contributed by atoms with Crippen molar-refractivity contribution in [3.8, 4) is 11.5 Å².